The highest BCUT2D eigenvalue weighted by atomic mass is 16.5. The van der Waals surface area contributed by atoms with E-state index >= 15 is 0 Å². The molecule has 0 saturated carbocycles. The first kappa shape index (κ1) is 16.7. The third-order valence-electron chi connectivity index (χ3n) is 3.52. The SMILES string of the molecule is CCOCCCC(=O)N(Cc1ccccc1)C(C)CC. The van der Waals surface area contributed by atoms with Crippen molar-refractivity contribution in [2.75, 3.05) is 13.2 Å². The molecular formula is C17H27NO2. The fraction of sp³-hybridized carbons (Fsp3) is 0.588. The Morgan fingerprint density at radius 2 is 1.95 bits per heavy atom. The molecule has 0 N–H and O–H groups in total. The van der Waals surface area contributed by atoms with Gasteiger partial charge in [-0.25, -0.2) is 0 Å². The van der Waals surface area contributed by atoms with Crippen LogP contribution in [0.1, 0.15) is 45.6 Å². The maximum absolute atomic E-state index is 12.4. The van der Waals surface area contributed by atoms with Crippen molar-refractivity contribution in [2.45, 2.75) is 52.6 Å². The summed E-state index contributed by atoms with van der Waals surface area (Å²) in [6.07, 6.45) is 2.34. The van der Waals surface area contributed by atoms with Crippen molar-refractivity contribution < 1.29 is 9.53 Å². The van der Waals surface area contributed by atoms with Crippen LogP contribution >= 0.6 is 0 Å². The van der Waals surface area contributed by atoms with Crippen LogP contribution in [0, 0.1) is 0 Å². The molecule has 3 heteroatoms. The molecule has 0 aliphatic rings. The lowest BCUT2D eigenvalue weighted by Crippen LogP contribution is -2.37. The van der Waals surface area contributed by atoms with Crippen LogP contribution in [0.15, 0.2) is 30.3 Å². The topological polar surface area (TPSA) is 29.5 Å². The number of rotatable bonds is 9. The van der Waals surface area contributed by atoms with E-state index in [0.29, 0.717) is 26.2 Å². The smallest absolute Gasteiger partial charge is 0.223 e. The van der Waals surface area contributed by atoms with E-state index in [1.165, 1.54) is 5.56 Å². The molecule has 0 aliphatic carbocycles. The number of carbonyl (C=O) groups excluding carboxylic acids is 1. The highest BCUT2D eigenvalue weighted by molar-refractivity contribution is 5.76. The summed E-state index contributed by atoms with van der Waals surface area (Å²) < 4.78 is 5.30. The molecule has 0 aliphatic heterocycles. The Hall–Kier alpha value is -1.35. The van der Waals surface area contributed by atoms with Gasteiger partial charge in [0.1, 0.15) is 0 Å². The summed E-state index contributed by atoms with van der Waals surface area (Å²) in [5.74, 6) is 0.225. The van der Waals surface area contributed by atoms with Crippen molar-refractivity contribution in [3.63, 3.8) is 0 Å². The van der Waals surface area contributed by atoms with E-state index in [0.717, 1.165) is 12.8 Å². The zero-order chi connectivity index (χ0) is 14.8. The average molecular weight is 277 g/mol. The number of benzene rings is 1. The standard InChI is InChI=1S/C17H27NO2/c1-4-15(3)18(14-16-10-7-6-8-11-16)17(19)12-9-13-20-5-2/h6-8,10-11,15H,4-5,9,12-14H2,1-3H3. The Bertz CT molecular complexity index is 378. The van der Waals surface area contributed by atoms with Crippen molar-refractivity contribution in [3.8, 4) is 0 Å². The van der Waals surface area contributed by atoms with Gasteiger partial charge in [-0.15, -0.1) is 0 Å². The number of ether oxygens (including phenoxy) is 1. The molecule has 1 atom stereocenters. The highest BCUT2D eigenvalue weighted by Gasteiger charge is 2.18. The van der Waals surface area contributed by atoms with E-state index in [1.54, 1.807) is 0 Å². The third kappa shape index (κ3) is 5.74. The minimum absolute atomic E-state index is 0.225. The van der Waals surface area contributed by atoms with Crippen LogP contribution in [0.25, 0.3) is 0 Å². The van der Waals surface area contributed by atoms with Crippen LogP contribution in [-0.2, 0) is 16.1 Å². The largest absolute Gasteiger partial charge is 0.382 e. The Labute approximate surface area is 122 Å². The molecule has 3 nitrogen and oxygen atoms in total. The van der Waals surface area contributed by atoms with Gasteiger partial charge in [-0.05, 0) is 32.3 Å². The molecule has 0 radical (unpaired) electrons. The monoisotopic (exact) mass is 277 g/mol. The lowest BCUT2D eigenvalue weighted by molar-refractivity contribution is -0.134. The minimum atomic E-state index is 0.225. The molecule has 0 spiro atoms. The van der Waals surface area contributed by atoms with E-state index in [-0.39, 0.29) is 11.9 Å². The van der Waals surface area contributed by atoms with Gasteiger partial charge in [0.15, 0.2) is 0 Å². The Balaban J connectivity index is 2.57. The van der Waals surface area contributed by atoms with Gasteiger partial charge < -0.3 is 9.64 Å². The van der Waals surface area contributed by atoms with Gasteiger partial charge in [0.2, 0.25) is 5.91 Å². The van der Waals surface area contributed by atoms with Crippen molar-refractivity contribution in [1.82, 2.24) is 4.90 Å². The first-order valence-electron chi connectivity index (χ1n) is 7.60. The first-order chi connectivity index (χ1) is 9.69. The second-order valence-corrected chi connectivity index (χ2v) is 5.06. The molecule has 1 aromatic rings. The molecule has 112 valence electrons. The predicted octanol–water partition coefficient (Wildman–Crippen LogP) is 3.63. The molecule has 0 heterocycles. The molecule has 1 aromatic carbocycles. The van der Waals surface area contributed by atoms with E-state index in [9.17, 15) is 4.79 Å². The van der Waals surface area contributed by atoms with Crippen LogP contribution in [0.4, 0.5) is 0 Å². The maximum Gasteiger partial charge on any atom is 0.223 e. The number of hydrogen-bond acceptors (Lipinski definition) is 2. The summed E-state index contributed by atoms with van der Waals surface area (Å²) in [6, 6.07) is 10.5. The van der Waals surface area contributed by atoms with Gasteiger partial charge in [0.25, 0.3) is 0 Å². The summed E-state index contributed by atoms with van der Waals surface area (Å²) in [5.41, 5.74) is 1.19. The van der Waals surface area contributed by atoms with Crippen molar-refractivity contribution in [1.29, 1.82) is 0 Å². The van der Waals surface area contributed by atoms with E-state index < -0.39 is 0 Å². The van der Waals surface area contributed by atoms with Gasteiger partial charge in [-0.3, -0.25) is 4.79 Å². The molecule has 0 saturated heterocycles. The fourth-order valence-electron chi connectivity index (χ4n) is 2.10. The molecule has 0 fully saturated rings. The van der Waals surface area contributed by atoms with Crippen LogP contribution in [0.3, 0.4) is 0 Å². The second-order valence-electron chi connectivity index (χ2n) is 5.06. The maximum atomic E-state index is 12.4. The Kier molecular flexibility index (Phi) is 7.97. The zero-order valence-electron chi connectivity index (χ0n) is 13.0. The average Bonchev–Trinajstić information content (AvgIpc) is 2.49. The summed E-state index contributed by atoms with van der Waals surface area (Å²) in [6.45, 7) is 8.29. The summed E-state index contributed by atoms with van der Waals surface area (Å²) in [7, 11) is 0. The lowest BCUT2D eigenvalue weighted by Gasteiger charge is -2.29. The Morgan fingerprint density at radius 3 is 2.55 bits per heavy atom. The predicted molar refractivity (Wildman–Crippen MR) is 82.5 cm³/mol. The van der Waals surface area contributed by atoms with Gasteiger partial charge in [-0.2, -0.15) is 0 Å². The van der Waals surface area contributed by atoms with E-state index in [2.05, 4.69) is 26.0 Å². The summed E-state index contributed by atoms with van der Waals surface area (Å²) in [4.78, 5) is 14.4. The normalized spacial score (nSPS) is 12.2. The van der Waals surface area contributed by atoms with Crippen LogP contribution in [-0.4, -0.2) is 30.1 Å². The summed E-state index contributed by atoms with van der Waals surface area (Å²) in [5, 5.41) is 0. The molecule has 0 bridgehead atoms. The highest BCUT2D eigenvalue weighted by Crippen LogP contribution is 2.13. The van der Waals surface area contributed by atoms with Gasteiger partial charge >= 0.3 is 0 Å². The number of carbonyl (C=O) groups is 1. The first-order valence-corrected chi connectivity index (χ1v) is 7.60. The van der Waals surface area contributed by atoms with Gasteiger partial charge in [-0.1, -0.05) is 37.3 Å². The lowest BCUT2D eigenvalue weighted by atomic mass is 10.1. The quantitative estimate of drug-likeness (QED) is 0.645. The van der Waals surface area contributed by atoms with Gasteiger partial charge in [0, 0.05) is 32.2 Å². The molecule has 1 rings (SSSR count). The Morgan fingerprint density at radius 1 is 1.25 bits per heavy atom. The van der Waals surface area contributed by atoms with Crippen LogP contribution in [0.2, 0.25) is 0 Å². The van der Waals surface area contributed by atoms with Crippen molar-refractivity contribution in [2.24, 2.45) is 0 Å². The number of hydrogen-bond donors (Lipinski definition) is 0. The van der Waals surface area contributed by atoms with Crippen LogP contribution in [0.5, 0.6) is 0 Å². The molecule has 1 amide bonds. The number of amides is 1. The number of nitrogens with zero attached hydrogens (tertiary/aromatic N) is 1. The molecule has 20 heavy (non-hydrogen) atoms. The van der Waals surface area contributed by atoms with E-state index in [4.69, 9.17) is 4.74 Å². The zero-order valence-corrected chi connectivity index (χ0v) is 13.0. The molecule has 0 aromatic heterocycles. The van der Waals surface area contributed by atoms with Crippen molar-refractivity contribution in [3.05, 3.63) is 35.9 Å². The molecule has 1 unspecified atom stereocenters. The second kappa shape index (κ2) is 9.54. The summed E-state index contributed by atoms with van der Waals surface area (Å²) >= 11 is 0. The third-order valence-corrected chi connectivity index (χ3v) is 3.52. The van der Waals surface area contributed by atoms with E-state index in [1.807, 2.05) is 30.0 Å². The van der Waals surface area contributed by atoms with Crippen LogP contribution < -0.4 is 0 Å². The fourth-order valence-corrected chi connectivity index (χ4v) is 2.10. The minimum Gasteiger partial charge on any atom is -0.382 e. The van der Waals surface area contributed by atoms with Crippen molar-refractivity contribution >= 4 is 5.91 Å². The molecular weight excluding hydrogens is 250 g/mol. The van der Waals surface area contributed by atoms with Gasteiger partial charge in [0.05, 0.1) is 0 Å².